The molecule has 20 heavy (non-hydrogen) atoms. The SMILES string of the molecule is CN=C(NCC(C)(C)c1cccc(OC)c1)NC1CC1. The van der Waals surface area contributed by atoms with Crippen LogP contribution in [0.1, 0.15) is 32.3 Å². The normalized spacial score (nSPS) is 15.9. The van der Waals surface area contributed by atoms with Crippen molar-refractivity contribution in [2.24, 2.45) is 4.99 Å². The summed E-state index contributed by atoms with van der Waals surface area (Å²) in [6, 6.07) is 8.86. The number of rotatable bonds is 5. The summed E-state index contributed by atoms with van der Waals surface area (Å²) in [5.41, 5.74) is 1.27. The monoisotopic (exact) mass is 275 g/mol. The Morgan fingerprint density at radius 2 is 2.15 bits per heavy atom. The van der Waals surface area contributed by atoms with E-state index in [-0.39, 0.29) is 5.41 Å². The number of benzene rings is 1. The van der Waals surface area contributed by atoms with Crippen LogP contribution >= 0.6 is 0 Å². The maximum Gasteiger partial charge on any atom is 0.191 e. The third kappa shape index (κ3) is 3.89. The molecule has 2 rings (SSSR count). The minimum atomic E-state index is 0.00963. The lowest BCUT2D eigenvalue weighted by Crippen LogP contribution is -2.44. The first kappa shape index (κ1) is 14.7. The highest BCUT2D eigenvalue weighted by Gasteiger charge is 2.24. The van der Waals surface area contributed by atoms with Crippen LogP contribution in [0.25, 0.3) is 0 Å². The Balaban J connectivity index is 1.97. The molecule has 1 aliphatic rings. The number of methoxy groups -OCH3 is 1. The molecule has 4 nitrogen and oxygen atoms in total. The number of nitrogens with one attached hydrogen (secondary N) is 2. The Morgan fingerprint density at radius 1 is 1.40 bits per heavy atom. The molecule has 0 aromatic heterocycles. The van der Waals surface area contributed by atoms with Gasteiger partial charge >= 0.3 is 0 Å². The second kappa shape index (κ2) is 6.16. The van der Waals surface area contributed by atoms with Gasteiger partial charge in [0.1, 0.15) is 5.75 Å². The molecule has 2 N–H and O–H groups in total. The standard InChI is InChI=1S/C16H25N3O/c1-16(2,12-6-5-7-14(10-12)20-4)11-18-15(17-3)19-13-8-9-13/h5-7,10,13H,8-9,11H2,1-4H3,(H2,17,18,19). The zero-order valence-electron chi connectivity index (χ0n) is 12.9. The molecule has 0 radical (unpaired) electrons. The molecule has 1 saturated carbocycles. The molecule has 1 aliphatic carbocycles. The molecule has 0 spiro atoms. The molecule has 0 heterocycles. The molecule has 1 fully saturated rings. The second-order valence-corrected chi connectivity index (χ2v) is 5.96. The lowest BCUT2D eigenvalue weighted by Gasteiger charge is -2.27. The van der Waals surface area contributed by atoms with Gasteiger partial charge in [-0.05, 0) is 30.5 Å². The predicted octanol–water partition coefficient (Wildman–Crippen LogP) is 2.30. The molecule has 0 saturated heterocycles. The van der Waals surface area contributed by atoms with Crippen LogP contribution in [0.5, 0.6) is 5.75 Å². The van der Waals surface area contributed by atoms with Gasteiger partial charge in [0.2, 0.25) is 0 Å². The fourth-order valence-corrected chi connectivity index (χ4v) is 2.07. The molecular formula is C16H25N3O. The van der Waals surface area contributed by atoms with Gasteiger partial charge in [-0.2, -0.15) is 0 Å². The number of hydrogen-bond donors (Lipinski definition) is 2. The number of nitrogens with zero attached hydrogens (tertiary/aromatic N) is 1. The third-order valence-corrected chi connectivity index (χ3v) is 3.69. The zero-order valence-corrected chi connectivity index (χ0v) is 12.9. The van der Waals surface area contributed by atoms with E-state index in [1.165, 1.54) is 18.4 Å². The minimum Gasteiger partial charge on any atom is -0.497 e. The molecule has 1 aromatic carbocycles. The summed E-state index contributed by atoms with van der Waals surface area (Å²) in [4.78, 5) is 4.27. The fourth-order valence-electron chi connectivity index (χ4n) is 2.07. The van der Waals surface area contributed by atoms with Gasteiger partial charge in [-0.25, -0.2) is 0 Å². The summed E-state index contributed by atoms with van der Waals surface area (Å²) in [5, 5.41) is 6.82. The van der Waals surface area contributed by atoms with E-state index in [9.17, 15) is 0 Å². The summed E-state index contributed by atoms with van der Waals surface area (Å²) in [5.74, 6) is 1.79. The zero-order chi connectivity index (χ0) is 14.6. The Hall–Kier alpha value is -1.71. The van der Waals surface area contributed by atoms with E-state index in [2.05, 4.69) is 41.6 Å². The molecule has 0 atom stereocenters. The van der Waals surface area contributed by atoms with Gasteiger partial charge in [0.25, 0.3) is 0 Å². The molecule has 110 valence electrons. The van der Waals surface area contributed by atoms with Crippen LogP contribution in [0.4, 0.5) is 0 Å². The lowest BCUT2D eigenvalue weighted by atomic mass is 9.84. The fraction of sp³-hybridized carbons (Fsp3) is 0.562. The van der Waals surface area contributed by atoms with E-state index in [1.54, 1.807) is 7.11 Å². The van der Waals surface area contributed by atoms with E-state index >= 15 is 0 Å². The van der Waals surface area contributed by atoms with Gasteiger partial charge in [-0.1, -0.05) is 26.0 Å². The molecule has 0 bridgehead atoms. The highest BCUT2D eigenvalue weighted by Crippen LogP contribution is 2.25. The maximum atomic E-state index is 5.30. The van der Waals surface area contributed by atoms with Crippen molar-refractivity contribution < 1.29 is 4.74 Å². The van der Waals surface area contributed by atoms with Gasteiger partial charge in [-0.3, -0.25) is 4.99 Å². The van der Waals surface area contributed by atoms with Crippen molar-refractivity contribution in [1.82, 2.24) is 10.6 Å². The van der Waals surface area contributed by atoms with E-state index < -0.39 is 0 Å². The molecule has 4 heteroatoms. The van der Waals surface area contributed by atoms with Gasteiger partial charge < -0.3 is 15.4 Å². The summed E-state index contributed by atoms with van der Waals surface area (Å²) in [6.45, 7) is 5.27. The van der Waals surface area contributed by atoms with Crippen molar-refractivity contribution in [3.8, 4) is 5.75 Å². The Bertz CT molecular complexity index is 478. The van der Waals surface area contributed by atoms with Crippen LogP contribution in [0.3, 0.4) is 0 Å². The number of aliphatic imine (C=N–C) groups is 1. The molecule has 0 unspecified atom stereocenters. The average molecular weight is 275 g/mol. The first-order valence-corrected chi connectivity index (χ1v) is 7.17. The van der Waals surface area contributed by atoms with Gasteiger partial charge in [0, 0.05) is 25.0 Å². The molecule has 0 aliphatic heterocycles. The van der Waals surface area contributed by atoms with Crippen LogP contribution < -0.4 is 15.4 Å². The lowest BCUT2D eigenvalue weighted by molar-refractivity contribution is 0.411. The largest absolute Gasteiger partial charge is 0.497 e. The quantitative estimate of drug-likeness (QED) is 0.640. The first-order valence-electron chi connectivity index (χ1n) is 7.17. The van der Waals surface area contributed by atoms with Crippen molar-refractivity contribution in [2.45, 2.75) is 38.1 Å². The van der Waals surface area contributed by atoms with E-state index in [0.717, 1.165) is 18.3 Å². The van der Waals surface area contributed by atoms with Gasteiger partial charge in [0.15, 0.2) is 5.96 Å². The van der Waals surface area contributed by atoms with Crippen molar-refractivity contribution in [3.05, 3.63) is 29.8 Å². The van der Waals surface area contributed by atoms with Crippen LogP contribution in [-0.2, 0) is 5.41 Å². The molecule has 1 aromatic rings. The molecular weight excluding hydrogens is 250 g/mol. The smallest absolute Gasteiger partial charge is 0.191 e. The Labute approximate surface area is 121 Å². The third-order valence-electron chi connectivity index (χ3n) is 3.69. The Kier molecular flexibility index (Phi) is 4.53. The molecule has 0 amide bonds. The van der Waals surface area contributed by atoms with Crippen molar-refractivity contribution in [2.75, 3.05) is 20.7 Å². The second-order valence-electron chi connectivity index (χ2n) is 5.96. The maximum absolute atomic E-state index is 5.30. The van der Waals surface area contributed by atoms with Crippen LogP contribution in [0.2, 0.25) is 0 Å². The van der Waals surface area contributed by atoms with Crippen LogP contribution in [0.15, 0.2) is 29.3 Å². The minimum absolute atomic E-state index is 0.00963. The van der Waals surface area contributed by atoms with E-state index in [4.69, 9.17) is 4.74 Å². The van der Waals surface area contributed by atoms with Crippen molar-refractivity contribution >= 4 is 5.96 Å². The summed E-state index contributed by atoms with van der Waals surface area (Å²) >= 11 is 0. The highest BCUT2D eigenvalue weighted by molar-refractivity contribution is 5.80. The predicted molar refractivity (Wildman–Crippen MR) is 83.5 cm³/mol. The van der Waals surface area contributed by atoms with Gasteiger partial charge in [-0.15, -0.1) is 0 Å². The summed E-state index contributed by atoms with van der Waals surface area (Å²) in [7, 11) is 3.52. The van der Waals surface area contributed by atoms with Crippen molar-refractivity contribution in [1.29, 1.82) is 0 Å². The van der Waals surface area contributed by atoms with Crippen LogP contribution in [0, 0.1) is 0 Å². The topological polar surface area (TPSA) is 45.7 Å². The number of guanidine groups is 1. The van der Waals surface area contributed by atoms with E-state index in [0.29, 0.717) is 6.04 Å². The summed E-state index contributed by atoms with van der Waals surface area (Å²) < 4.78 is 5.30. The van der Waals surface area contributed by atoms with Crippen LogP contribution in [-0.4, -0.2) is 32.7 Å². The number of hydrogen-bond acceptors (Lipinski definition) is 2. The number of ether oxygens (including phenoxy) is 1. The first-order chi connectivity index (χ1) is 9.55. The average Bonchev–Trinajstić information content (AvgIpc) is 3.27. The summed E-state index contributed by atoms with van der Waals surface area (Å²) in [6.07, 6.45) is 2.50. The van der Waals surface area contributed by atoms with Gasteiger partial charge in [0.05, 0.1) is 7.11 Å². The Morgan fingerprint density at radius 3 is 2.75 bits per heavy atom. The van der Waals surface area contributed by atoms with E-state index in [1.807, 2.05) is 19.2 Å². The van der Waals surface area contributed by atoms with Crippen molar-refractivity contribution in [3.63, 3.8) is 0 Å². The highest BCUT2D eigenvalue weighted by atomic mass is 16.5.